The summed E-state index contributed by atoms with van der Waals surface area (Å²) in [7, 11) is -4.00. The molecule has 22 heavy (non-hydrogen) atoms. The van der Waals surface area contributed by atoms with Gasteiger partial charge in [0.05, 0.1) is 29.3 Å². The molecule has 1 heterocycles. The number of sulfonamides is 1. The lowest BCUT2D eigenvalue weighted by atomic mass is 10.3. The zero-order valence-corrected chi connectivity index (χ0v) is 14.2. The minimum absolute atomic E-state index is 0.00558. The average molecular weight is 367 g/mol. The van der Waals surface area contributed by atoms with E-state index in [0.717, 1.165) is 0 Å². The maximum Gasteiger partial charge on any atom is 0.244 e. The minimum atomic E-state index is -4.00. The quantitative estimate of drug-likeness (QED) is 0.876. The van der Waals surface area contributed by atoms with E-state index in [0.29, 0.717) is 26.3 Å². The van der Waals surface area contributed by atoms with Gasteiger partial charge in [-0.2, -0.15) is 4.72 Å². The number of rotatable bonds is 4. The highest BCUT2D eigenvalue weighted by molar-refractivity contribution is 7.89. The van der Waals surface area contributed by atoms with Gasteiger partial charge in [-0.1, -0.05) is 29.3 Å². The van der Waals surface area contributed by atoms with Crippen molar-refractivity contribution in [1.82, 2.24) is 9.62 Å². The number of hydrogen-bond acceptors (Lipinski definition) is 4. The molecule has 1 aliphatic rings. The molecule has 1 aromatic carbocycles. The van der Waals surface area contributed by atoms with E-state index in [4.69, 9.17) is 27.9 Å². The Hall–Kier alpha value is -0.860. The van der Waals surface area contributed by atoms with Crippen molar-refractivity contribution in [2.75, 3.05) is 26.3 Å². The fraction of sp³-hybridized carbons (Fsp3) is 0.462. The highest BCUT2D eigenvalue weighted by Gasteiger charge is 2.29. The molecule has 122 valence electrons. The number of hydrogen-bond donors (Lipinski definition) is 1. The van der Waals surface area contributed by atoms with Crippen LogP contribution in [0, 0.1) is 0 Å². The zero-order valence-electron chi connectivity index (χ0n) is 11.9. The predicted molar refractivity (Wildman–Crippen MR) is 83.6 cm³/mol. The average Bonchev–Trinajstić information content (AvgIpc) is 2.46. The van der Waals surface area contributed by atoms with Crippen molar-refractivity contribution in [1.29, 1.82) is 0 Å². The molecule has 0 bridgehead atoms. The van der Waals surface area contributed by atoms with Gasteiger partial charge in [-0.25, -0.2) is 8.42 Å². The Morgan fingerprint density at radius 3 is 2.36 bits per heavy atom. The fourth-order valence-corrected chi connectivity index (χ4v) is 4.48. The molecule has 1 amide bonds. The van der Waals surface area contributed by atoms with E-state index in [9.17, 15) is 13.2 Å². The molecule has 1 unspecified atom stereocenters. The molecular formula is C13H16Cl2N2O4S. The van der Waals surface area contributed by atoms with Crippen molar-refractivity contribution in [2.24, 2.45) is 0 Å². The zero-order chi connectivity index (χ0) is 16.3. The van der Waals surface area contributed by atoms with Crippen LogP contribution in [0.1, 0.15) is 6.92 Å². The molecular weight excluding hydrogens is 351 g/mol. The van der Waals surface area contributed by atoms with Crippen LogP contribution in [0.15, 0.2) is 23.1 Å². The fourth-order valence-electron chi connectivity index (χ4n) is 2.14. The number of nitrogens with one attached hydrogen (secondary N) is 1. The molecule has 2 rings (SSSR count). The number of carbonyl (C=O) groups excluding carboxylic acids is 1. The van der Waals surface area contributed by atoms with Crippen LogP contribution in [0.4, 0.5) is 0 Å². The number of ether oxygens (including phenoxy) is 1. The Labute approximate surface area is 139 Å². The largest absolute Gasteiger partial charge is 0.378 e. The summed E-state index contributed by atoms with van der Waals surface area (Å²) >= 11 is 11.8. The van der Waals surface area contributed by atoms with Gasteiger partial charge in [0.2, 0.25) is 15.9 Å². The number of benzene rings is 1. The van der Waals surface area contributed by atoms with Gasteiger partial charge in [0, 0.05) is 13.1 Å². The van der Waals surface area contributed by atoms with Gasteiger partial charge in [0.15, 0.2) is 0 Å². The van der Waals surface area contributed by atoms with Crippen LogP contribution in [0.25, 0.3) is 0 Å². The van der Waals surface area contributed by atoms with E-state index in [1.54, 1.807) is 11.0 Å². The van der Waals surface area contributed by atoms with Gasteiger partial charge in [0.1, 0.15) is 4.90 Å². The normalized spacial score (nSPS) is 17.3. The Bertz CT molecular complexity index is 640. The van der Waals surface area contributed by atoms with Gasteiger partial charge in [-0.05, 0) is 19.1 Å². The maximum atomic E-state index is 12.4. The van der Waals surface area contributed by atoms with Crippen LogP contribution in [-0.4, -0.2) is 51.6 Å². The molecule has 1 fully saturated rings. The summed E-state index contributed by atoms with van der Waals surface area (Å²) in [5.74, 6) is -0.310. The SMILES string of the molecule is CC(NS(=O)(=O)c1c(Cl)cccc1Cl)C(=O)N1CCOCC1. The molecule has 0 aliphatic carbocycles. The lowest BCUT2D eigenvalue weighted by molar-refractivity contribution is -0.136. The summed E-state index contributed by atoms with van der Waals surface area (Å²) in [6.07, 6.45) is 0. The van der Waals surface area contributed by atoms with E-state index in [1.807, 2.05) is 0 Å². The van der Waals surface area contributed by atoms with Crippen molar-refractivity contribution >= 4 is 39.1 Å². The lowest BCUT2D eigenvalue weighted by Gasteiger charge is -2.29. The molecule has 1 aliphatic heterocycles. The van der Waals surface area contributed by atoms with Crippen LogP contribution in [0.2, 0.25) is 10.0 Å². The molecule has 0 saturated carbocycles. The van der Waals surface area contributed by atoms with Gasteiger partial charge in [0.25, 0.3) is 0 Å². The Morgan fingerprint density at radius 2 is 1.82 bits per heavy atom. The number of morpholine rings is 1. The van der Waals surface area contributed by atoms with Gasteiger partial charge < -0.3 is 9.64 Å². The second kappa shape index (κ2) is 7.14. The van der Waals surface area contributed by atoms with Gasteiger partial charge >= 0.3 is 0 Å². The molecule has 1 aromatic rings. The van der Waals surface area contributed by atoms with Crippen molar-refractivity contribution in [3.8, 4) is 0 Å². The van der Waals surface area contributed by atoms with Crippen molar-refractivity contribution in [3.05, 3.63) is 28.2 Å². The molecule has 1 saturated heterocycles. The molecule has 0 aromatic heterocycles. The summed E-state index contributed by atoms with van der Waals surface area (Å²) in [5.41, 5.74) is 0. The molecule has 0 spiro atoms. The summed E-state index contributed by atoms with van der Waals surface area (Å²) < 4.78 is 32.3. The summed E-state index contributed by atoms with van der Waals surface area (Å²) in [6, 6.07) is 3.48. The van der Waals surface area contributed by atoms with E-state index >= 15 is 0 Å². The summed E-state index contributed by atoms with van der Waals surface area (Å²) in [4.78, 5) is 13.6. The summed E-state index contributed by atoms with van der Waals surface area (Å²) in [6.45, 7) is 3.26. The highest BCUT2D eigenvalue weighted by atomic mass is 35.5. The van der Waals surface area contributed by atoms with E-state index in [2.05, 4.69) is 4.72 Å². The Morgan fingerprint density at radius 1 is 1.27 bits per heavy atom. The first kappa shape index (κ1) is 17.5. The Balaban J connectivity index is 2.16. The second-order valence-electron chi connectivity index (χ2n) is 4.83. The van der Waals surface area contributed by atoms with Gasteiger partial charge in [-0.3, -0.25) is 4.79 Å². The third kappa shape index (κ3) is 3.91. The number of amides is 1. The molecule has 6 nitrogen and oxygen atoms in total. The smallest absolute Gasteiger partial charge is 0.244 e. The van der Waals surface area contributed by atoms with Crippen molar-refractivity contribution in [3.63, 3.8) is 0 Å². The first-order valence-corrected chi connectivity index (χ1v) is 8.89. The number of nitrogens with zero attached hydrogens (tertiary/aromatic N) is 1. The Kier molecular flexibility index (Phi) is 5.68. The predicted octanol–water partition coefficient (Wildman–Crippen LogP) is 1.52. The highest BCUT2D eigenvalue weighted by Crippen LogP contribution is 2.28. The number of halogens is 2. The van der Waals surface area contributed by atoms with E-state index < -0.39 is 16.1 Å². The standard InChI is InChI=1S/C13H16Cl2N2O4S/c1-9(13(18)17-5-7-21-8-6-17)16-22(19,20)12-10(14)3-2-4-11(12)15/h2-4,9,16H,5-8H2,1H3. The second-order valence-corrected chi connectivity index (χ2v) is 7.30. The molecule has 1 atom stereocenters. The first-order valence-electron chi connectivity index (χ1n) is 6.66. The minimum Gasteiger partial charge on any atom is -0.378 e. The first-order chi connectivity index (χ1) is 10.3. The van der Waals surface area contributed by atoms with Crippen LogP contribution in [0.5, 0.6) is 0 Å². The summed E-state index contributed by atoms with van der Waals surface area (Å²) in [5, 5.41) is 0.0112. The lowest BCUT2D eigenvalue weighted by Crippen LogP contribution is -2.50. The van der Waals surface area contributed by atoms with Crippen LogP contribution in [0.3, 0.4) is 0 Å². The van der Waals surface area contributed by atoms with E-state index in [-0.39, 0.29) is 20.8 Å². The van der Waals surface area contributed by atoms with Crippen LogP contribution >= 0.6 is 23.2 Å². The van der Waals surface area contributed by atoms with Crippen LogP contribution < -0.4 is 4.72 Å². The van der Waals surface area contributed by atoms with Crippen LogP contribution in [-0.2, 0) is 19.6 Å². The molecule has 9 heteroatoms. The number of carbonyl (C=O) groups is 1. The van der Waals surface area contributed by atoms with Gasteiger partial charge in [-0.15, -0.1) is 0 Å². The topological polar surface area (TPSA) is 75.7 Å². The third-order valence-corrected chi connectivity index (χ3v) is 5.71. The molecule has 1 N–H and O–H groups in total. The maximum absolute atomic E-state index is 12.4. The van der Waals surface area contributed by atoms with Crippen molar-refractivity contribution < 1.29 is 17.9 Å². The monoisotopic (exact) mass is 366 g/mol. The van der Waals surface area contributed by atoms with Crippen molar-refractivity contribution in [2.45, 2.75) is 17.9 Å². The molecule has 0 radical (unpaired) electrons. The van der Waals surface area contributed by atoms with E-state index in [1.165, 1.54) is 19.1 Å². The third-order valence-electron chi connectivity index (χ3n) is 3.21.